The zero-order valence-corrected chi connectivity index (χ0v) is 18.0. The molecular formula is C21H33N5Si. The lowest BCUT2D eigenvalue weighted by Gasteiger charge is -2.35. The third kappa shape index (κ3) is 6.50. The summed E-state index contributed by atoms with van der Waals surface area (Å²) in [5, 5.41) is 0. The Morgan fingerprint density at radius 1 is 0.704 bits per heavy atom. The summed E-state index contributed by atoms with van der Waals surface area (Å²) in [5.41, 5.74) is 2.32. The fourth-order valence-electron chi connectivity index (χ4n) is 3.57. The van der Waals surface area contributed by atoms with E-state index in [0.717, 1.165) is 63.7 Å². The molecular weight excluding hydrogens is 350 g/mol. The van der Waals surface area contributed by atoms with Crippen LogP contribution in [0, 0.1) is 0 Å². The third-order valence-electron chi connectivity index (χ3n) is 5.28. The van der Waals surface area contributed by atoms with Gasteiger partial charge >= 0.3 is 0 Å². The first kappa shape index (κ1) is 20.1. The number of pyridine rings is 2. The first-order valence-electron chi connectivity index (χ1n) is 10.0. The van der Waals surface area contributed by atoms with Crippen LogP contribution in [0.3, 0.4) is 0 Å². The SMILES string of the molecule is C[Si](C)(C)N1CCN(Cc2ccccn2)CCN(Cc2ccccn2)CC1. The van der Waals surface area contributed by atoms with Crippen molar-refractivity contribution in [1.29, 1.82) is 0 Å². The van der Waals surface area contributed by atoms with Crippen LogP contribution in [0.2, 0.25) is 19.6 Å². The summed E-state index contributed by atoms with van der Waals surface area (Å²) in [7, 11) is -1.33. The van der Waals surface area contributed by atoms with Crippen molar-refractivity contribution in [1.82, 2.24) is 24.3 Å². The second-order valence-electron chi connectivity index (χ2n) is 8.35. The average Bonchev–Trinajstić information content (AvgIpc) is 2.75. The van der Waals surface area contributed by atoms with E-state index in [4.69, 9.17) is 0 Å². The van der Waals surface area contributed by atoms with Crippen molar-refractivity contribution >= 4 is 8.24 Å². The maximum absolute atomic E-state index is 4.53. The Morgan fingerprint density at radius 3 is 1.52 bits per heavy atom. The zero-order chi connectivity index (χ0) is 19.1. The van der Waals surface area contributed by atoms with E-state index in [1.54, 1.807) is 0 Å². The highest BCUT2D eigenvalue weighted by atomic mass is 28.3. The first-order chi connectivity index (χ1) is 13.0. The lowest BCUT2D eigenvalue weighted by Crippen LogP contribution is -2.50. The van der Waals surface area contributed by atoms with Crippen LogP contribution < -0.4 is 0 Å². The molecule has 2 aromatic rings. The molecule has 0 atom stereocenters. The van der Waals surface area contributed by atoms with Crippen LogP contribution >= 0.6 is 0 Å². The highest BCUT2D eigenvalue weighted by Gasteiger charge is 2.26. The molecule has 1 aliphatic rings. The Labute approximate surface area is 165 Å². The Kier molecular flexibility index (Phi) is 7.12. The summed E-state index contributed by atoms with van der Waals surface area (Å²) in [6.07, 6.45) is 3.79. The Balaban J connectivity index is 1.70. The van der Waals surface area contributed by atoms with Gasteiger partial charge in [-0.05, 0) is 24.3 Å². The minimum absolute atomic E-state index is 0.928. The van der Waals surface area contributed by atoms with E-state index in [1.807, 2.05) is 24.5 Å². The molecule has 0 amide bonds. The van der Waals surface area contributed by atoms with Crippen LogP contribution in [0.1, 0.15) is 11.4 Å². The molecule has 2 aromatic heterocycles. The predicted octanol–water partition coefficient (Wildman–Crippen LogP) is 2.93. The fourth-order valence-corrected chi connectivity index (χ4v) is 5.11. The van der Waals surface area contributed by atoms with Crippen molar-refractivity contribution in [2.45, 2.75) is 32.7 Å². The van der Waals surface area contributed by atoms with Gasteiger partial charge in [0.05, 0.1) is 11.4 Å². The summed E-state index contributed by atoms with van der Waals surface area (Å²) < 4.78 is 2.75. The molecule has 0 aliphatic carbocycles. The second-order valence-corrected chi connectivity index (χ2v) is 13.3. The van der Waals surface area contributed by atoms with Crippen LogP contribution in [0.15, 0.2) is 48.8 Å². The van der Waals surface area contributed by atoms with Gasteiger partial charge in [-0.1, -0.05) is 31.8 Å². The molecule has 27 heavy (non-hydrogen) atoms. The van der Waals surface area contributed by atoms with Gasteiger partial charge in [0, 0.05) is 64.8 Å². The number of aromatic nitrogens is 2. The molecule has 0 aromatic carbocycles. The molecule has 6 heteroatoms. The number of rotatable bonds is 5. The number of hydrogen-bond donors (Lipinski definition) is 0. The lowest BCUT2D eigenvalue weighted by atomic mass is 10.3. The third-order valence-corrected chi connectivity index (χ3v) is 7.62. The molecule has 0 bridgehead atoms. The van der Waals surface area contributed by atoms with Crippen LogP contribution in [0.4, 0.5) is 0 Å². The highest BCUT2D eigenvalue weighted by molar-refractivity contribution is 6.73. The maximum atomic E-state index is 4.53. The molecule has 0 unspecified atom stereocenters. The van der Waals surface area contributed by atoms with Crippen LogP contribution in [0.25, 0.3) is 0 Å². The number of nitrogens with zero attached hydrogens (tertiary/aromatic N) is 5. The Bertz CT molecular complexity index is 620. The van der Waals surface area contributed by atoms with Crippen molar-refractivity contribution in [3.8, 4) is 0 Å². The van der Waals surface area contributed by atoms with Crippen molar-refractivity contribution in [3.05, 3.63) is 60.2 Å². The van der Waals surface area contributed by atoms with E-state index in [1.165, 1.54) is 0 Å². The molecule has 0 spiro atoms. The normalized spacial score (nSPS) is 18.6. The van der Waals surface area contributed by atoms with Crippen molar-refractivity contribution in [2.24, 2.45) is 0 Å². The predicted molar refractivity (Wildman–Crippen MR) is 114 cm³/mol. The summed E-state index contributed by atoms with van der Waals surface area (Å²) in [6, 6.07) is 12.4. The topological polar surface area (TPSA) is 35.5 Å². The largest absolute Gasteiger partial charge is 0.321 e. The van der Waals surface area contributed by atoms with E-state index in [0.29, 0.717) is 0 Å². The van der Waals surface area contributed by atoms with Gasteiger partial charge < -0.3 is 4.57 Å². The van der Waals surface area contributed by atoms with Crippen molar-refractivity contribution in [2.75, 3.05) is 39.3 Å². The van der Waals surface area contributed by atoms with Gasteiger partial charge in [0.15, 0.2) is 0 Å². The fraction of sp³-hybridized carbons (Fsp3) is 0.524. The minimum Gasteiger partial charge on any atom is -0.321 e. The number of hydrogen-bond acceptors (Lipinski definition) is 5. The van der Waals surface area contributed by atoms with E-state index >= 15 is 0 Å². The molecule has 1 saturated heterocycles. The minimum atomic E-state index is -1.33. The van der Waals surface area contributed by atoms with E-state index in [-0.39, 0.29) is 0 Å². The molecule has 1 aliphatic heterocycles. The summed E-state index contributed by atoms with van der Waals surface area (Å²) in [5.74, 6) is 0. The van der Waals surface area contributed by atoms with E-state index < -0.39 is 8.24 Å². The molecule has 0 saturated carbocycles. The van der Waals surface area contributed by atoms with Gasteiger partial charge in [-0.3, -0.25) is 19.8 Å². The molecule has 0 N–H and O–H groups in total. The van der Waals surface area contributed by atoms with Gasteiger partial charge in [-0.25, -0.2) is 0 Å². The van der Waals surface area contributed by atoms with Crippen molar-refractivity contribution < 1.29 is 0 Å². The second kappa shape index (κ2) is 9.55. The lowest BCUT2D eigenvalue weighted by molar-refractivity contribution is 0.207. The molecule has 0 radical (unpaired) electrons. The molecule has 3 heterocycles. The van der Waals surface area contributed by atoms with Gasteiger partial charge in [0.25, 0.3) is 0 Å². The summed E-state index contributed by atoms with van der Waals surface area (Å²) >= 11 is 0. The standard InChI is InChI=1S/C21H33N5Si/c1-27(2,3)26-16-14-24(18-20-8-4-6-10-22-20)12-13-25(15-17-26)19-21-9-5-7-11-23-21/h4-11H,12-19H2,1-3H3. The van der Waals surface area contributed by atoms with Crippen LogP contribution in [-0.2, 0) is 13.1 Å². The molecule has 3 rings (SSSR count). The van der Waals surface area contributed by atoms with Crippen molar-refractivity contribution in [3.63, 3.8) is 0 Å². The van der Waals surface area contributed by atoms with Gasteiger partial charge in [-0.2, -0.15) is 0 Å². The summed E-state index contributed by atoms with van der Waals surface area (Å²) in [6.45, 7) is 15.9. The van der Waals surface area contributed by atoms with Crippen LogP contribution in [0.5, 0.6) is 0 Å². The smallest absolute Gasteiger partial charge is 0.119 e. The molecule has 5 nitrogen and oxygen atoms in total. The monoisotopic (exact) mass is 383 g/mol. The molecule has 1 fully saturated rings. The van der Waals surface area contributed by atoms with E-state index in [9.17, 15) is 0 Å². The quantitative estimate of drug-likeness (QED) is 0.742. The first-order valence-corrected chi connectivity index (χ1v) is 13.4. The Hall–Kier alpha value is -1.60. The van der Waals surface area contributed by atoms with Gasteiger partial charge in [0.1, 0.15) is 8.24 Å². The summed E-state index contributed by atoms with van der Waals surface area (Å²) in [4.78, 5) is 14.2. The maximum Gasteiger partial charge on any atom is 0.119 e. The Morgan fingerprint density at radius 2 is 1.15 bits per heavy atom. The van der Waals surface area contributed by atoms with Crippen LogP contribution in [-0.4, -0.2) is 71.8 Å². The van der Waals surface area contributed by atoms with Gasteiger partial charge in [-0.15, -0.1) is 0 Å². The van der Waals surface area contributed by atoms with Gasteiger partial charge in [0.2, 0.25) is 0 Å². The molecule has 146 valence electrons. The zero-order valence-electron chi connectivity index (χ0n) is 17.0. The average molecular weight is 384 g/mol. The van der Waals surface area contributed by atoms with E-state index in [2.05, 4.69) is 68.2 Å². The highest BCUT2D eigenvalue weighted by Crippen LogP contribution is 2.13.